The number of nitrogens with zero attached hydrogens (tertiary/aromatic N) is 1. The summed E-state index contributed by atoms with van der Waals surface area (Å²) in [6.45, 7) is 0. The molecule has 0 rings (SSSR count). The third-order valence-corrected chi connectivity index (χ3v) is 0.846. The monoisotopic (exact) mass is 110 g/mol. The summed E-state index contributed by atoms with van der Waals surface area (Å²) in [7, 11) is -0.668. The first kappa shape index (κ1) is 6.27. The number of hydrogen-bond donors (Lipinski definition) is 3. The van der Waals surface area contributed by atoms with Gasteiger partial charge in [0, 0.05) is 7.05 Å². The third kappa shape index (κ3) is 2.50. The minimum Gasteiger partial charge on any atom is -0.337 e. The molecule has 4 N–H and O–H groups in total. The van der Waals surface area contributed by atoms with Gasteiger partial charge in [0.1, 0.15) is 0 Å². The molecule has 0 bridgehead atoms. The van der Waals surface area contributed by atoms with E-state index in [1.807, 2.05) is 0 Å². The highest BCUT2D eigenvalue weighted by Gasteiger charge is 1.97. The van der Waals surface area contributed by atoms with Crippen molar-refractivity contribution in [3.05, 3.63) is 0 Å². The van der Waals surface area contributed by atoms with Gasteiger partial charge < -0.3 is 9.79 Å². The fraction of sp³-hybridized carbons (Fsp3) is 1.00. The van der Waals surface area contributed by atoms with Crippen LogP contribution in [0.2, 0.25) is 0 Å². The van der Waals surface area contributed by atoms with Crippen LogP contribution in [-0.4, -0.2) is 21.6 Å². The van der Waals surface area contributed by atoms with E-state index in [0.29, 0.717) is 0 Å². The molecule has 0 spiro atoms. The SMILES string of the molecule is CN(N)P(O)O. The summed E-state index contributed by atoms with van der Waals surface area (Å²) in [5.74, 6) is 4.80. The van der Waals surface area contributed by atoms with E-state index in [2.05, 4.69) is 0 Å². The molecule has 0 unspecified atom stereocenters. The summed E-state index contributed by atoms with van der Waals surface area (Å²) in [6.07, 6.45) is 0. The fourth-order valence-electron chi connectivity index (χ4n) is 0. The van der Waals surface area contributed by atoms with Gasteiger partial charge in [-0.15, -0.1) is 0 Å². The van der Waals surface area contributed by atoms with Crippen LogP contribution in [-0.2, 0) is 0 Å². The van der Waals surface area contributed by atoms with Gasteiger partial charge in [-0.1, -0.05) is 0 Å². The van der Waals surface area contributed by atoms with Gasteiger partial charge in [0.2, 0.25) is 0 Å². The van der Waals surface area contributed by atoms with E-state index < -0.39 is 8.53 Å². The van der Waals surface area contributed by atoms with Crippen LogP contribution in [0.5, 0.6) is 0 Å². The second-order valence-electron chi connectivity index (χ2n) is 0.842. The molecule has 0 atom stereocenters. The molecule has 0 aromatic carbocycles. The van der Waals surface area contributed by atoms with Gasteiger partial charge in [0.25, 0.3) is 8.53 Å². The van der Waals surface area contributed by atoms with Crippen LogP contribution >= 0.6 is 8.53 Å². The summed E-state index contributed by atoms with van der Waals surface area (Å²) in [5, 5.41) is 0. The van der Waals surface area contributed by atoms with Crippen molar-refractivity contribution < 1.29 is 9.79 Å². The first-order chi connectivity index (χ1) is 2.64. The highest BCUT2D eigenvalue weighted by Crippen LogP contribution is 2.21. The standard InChI is InChI=1S/CH7N2O2P/c1-3(2)6(4)5/h4-5H,2H2,1H3. The second kappa shape index (κ2) is 2.44. The summed E-state index contributed by atoms with van der Waals surface area (Å²) in [4.78, 5) is 16.1. The van der Waals surface area contributed by atoms with Gasteiger partial charge in [-0.05, 0) is 0 Å². The zero-order valence-electron chi connectivity index (χ0n) is 3.37. The van der Waals surface area contributed by atoms with Crippen molar-refractivity contribution in [2.75, 3.05) is 7.05 Å². The molecule has 6 heavy (non-hydrogen) atoms. The molecule has 0 aliphatic rings. The summed E-state index contributed by atoms with van der Waals surface area (Å²) < 4.78 is 0.843. The molecule has 0 aromatic heterocycles. The van der Waals surface area contributed by atoms with Crippen LogP contribution in [0.1, 0.15) is 0 Å². The van der Waals surface area contributed by atoms with Crippen LogP contribution in [0.25, 0.3) is 0 Å². The lowest BCUT2D eigenvalue weighted by molar-refractivity contribution is 0.384. The molecule has 0 saturated heterocycles. The largest absolute Gasteiger partial charge is 0.337 e. The maximum Gasteiger partial charge on any atom is 0.267 e. The van der Waals surface area contributed by atoms with Crippen LogP contribution in [0, 0.1) is 0 Å². The highest BCUT2D eigenvalue weighted by atomic mass is 31.2. The zero-order chi connectivity index (χ0) is 5.15. The van der Waals surface area contributed by atoms with E-state index in [1.165, 1.54) is 7.05 Å². The summed E-state index contributed by atoms with van der Waals surface area (Å²) in [6, 6.07) is 0. The van der Waals surface area contributed by atoms with E-state index >= 15 is 0 Å². The Morgan fingerprint density at radius 2 is 1.83 bits per heavy atom. The Morgan fingerprint density at radius 1 is 1.67 bits per heavy atom. The molecular weight excluding hydrogens is 103 g/mol. The number of hydrazine groups is 1. The Morgan fingerprint density at radius 3 is 1.83 bits per heavy atom. The van der Waals surface area contributed by atoms with E-state index in [-0.39, 0.29) is 0 Å². The molecule has 38 valence electrons. The third-order valence-electron chi connectivity index (χ3n) is 0.282. The molecule has 0 saturated carbocycles. The van der Waals surface area contributed by atoms with Crippen LogP contribution in [0.15, 0.2) is 0 Å². The lowest BCUT2D eigenvalue weighted by Gasteiger charge is -2.07. The van der Waals surface area contributed by atoms with Crippen molar-refractivity contribution in [1.29, 1.82) is 0 Å². The predicted octanol–water partition coefficient (Wildman–Crippen LogP) is -0.997. The van der Waals surface area contributed by atoms with E-state index in [4.69, 9.17) is 15.6 Å². The molecule has 4 nitrogen and oxygen atoms in total. The Labute approximate surface area is 37.1 Å². The molecule has 0 aliphatic heterocycles. The molecule has 0 aliphatic carbocycles. The van der Waals surface area contributed by atoms with Crippen molar-refractivity contribution in [1.82, 2.24) is 4.78 Å². The first-order valence-corrected chi connectivity index (χ1v) is 2.51. The van der Waals surface area contributed by atoms with Crippen LogP contribution in [0.3, 0.4) is 0 Å². The number of rotatable bonds is 1. The lowest BCUT2D eigenvalue weighted by atomic mass is 11.5. The average molecular weight is 110 g/mol. The van der Waals surface area contributed by atoms with Crippen molar-refractivity contribution in [2.45, 2.75) is 0 Å². The molecule has 5 heteroatoms. The van der Waals surface area contributed by atoms with Crippen molar-refractivity contribution in [2.24, 2.45) is 5.84 Å². The van der Waals surface area contributed by atoms with Crippen molar-refractivity contribution in [3.8, 4) is 0 Å². The van der Waals surface area contributed by atoms with Gasteiger partial charge in [-0.3, -0.25) is 5.84 Å². The molecule has 0 aromatic rings. The van der Waals surface area contributed by atoms with Crippen LogP contribution < -0.4 is 5.84 Å². The average Bonchev–Trinajstić information content (AvgIpc) is 1.36. The normalized spacial score (nSPS) is 11.0. The van der Waals surface area contributed by atoms with Crippen molar-refractivity contribution >= 4 is 8.53 Å². The number of nitrogens with two attached hydrogens (primary N) is 1. The summed E-state index contributed by atoms with van der Waals surface area (Å²) >= 11 is 0. The molecule has 0 heterocycles. The van der Waals surface area contributed by atoms with E-state index in [0.717, 1.165) is 4.78 Å². The lowest BCUT2D eigenvalue weighted by Crippen LogP contribution is -2.18. The molecule has 0 radical (unpaired) electrons. The van der Waals surface area contributed by atoms with Crippen LogP contribution in [0.4, 0.5) is 0 Å². The minimum absolute atomic E-state index is 0.843. The van der Waals surface area contributed by atoms with E-state index in [9.17, 15) is 0 Å². The van der Waals surface area contributed by atoms with Gasteiger partial charge in [-0.25, -0.2) is 0 Å². The Hall–Kier alpha value is 0.270. The zero-order valence-corrected chi connectivity index (χ0v) is 4.26. The van der Waals surface area contributed by atoms with E-state index in [1.54, 1.807) is 0 Å². The topological polar surface area (TPSA) is 69.7 Å². The predicted molar refractivity (Wildman–Crippen MR) is 23.3 cm³/mol. The summed E-state index contributed by atoms with van der Waals surface area (Å²) in [5.41, 5.74) is 0. The smallest absolute Gasteiger partial charge is 0.267 e. The fourth-order valence-corrected chi connectivity index (χ4v) is 0. The maximum absolute atomic E-state index is 8.05. The van der Waals surface area contributed by atoms with Gasteiger partial charge >= 0.3 is 0 Å². The second-order valence-corrected chi connectivity index (χ2v) is 2.01. The Bertz CT molecular complexity index is 32.5. The minimum atomic E-state index is -2.05. The first-order valence-electron chi connectivity index (χ1n) is 1.31. The number of hydrogen-bond acceptors (Lipinski definition) is 4. The molecule has 0 amide bonds. The quantitative estimate of drug-likeness (QED) is 0.230. The Balaban J connectivity index is 2.99. The molecular formula is CH7N2O2P. The van der Waals surface area contributed by atoms with Gasteiger partial charge in [-0.2, -0.15) is 4.78 Å². The van der Waals surface area contributed by atoms with Crippen molar-refractivity contribution in [3.63, 3.8) is 0 Å². The maximum atomic E-state index is 8.05. The Kier molecular flexibility index (Phi) is 2.55. The van der Waals surface area contributed by atoms with Gasteiger partial charge in [0.05, 0.1) is 0 Å². The molecule has 0 fully saturated rings. The van der Waals surface area contributed by atoms with Gasteiger partial charge in [0.15, 0.2) is 0 Å². The highest BCUT2D eigenvalue weighted by molar-refractivity contribution is 7.42.